The maximum atomic E-state index is 5.95. The molecule has 1 unspecified atom stereocenters. The van der Waals surface area contributed by atoms with E-state index in [0.717, 1.165) is 25.2 Å². The molecular formula is C14H23N3. The number of hydrogen-bond donors (Lipinski definition) is 1. The van der Waals surface area contributed by atoms with Gasteiger partial charge in [-0.1, -0.05) is 6.92 Å². The highest BCUT2D eigenvalue weighted by Gasteiger charge is 2.24. The molecule has 0 radical (unpaired) electrons. The van der Waals surface area contributed by atoms with Crippen molar-refractivity contribution < 1.29 is 0 Å². The molecule has 0 bridgehead atoms. The molecule has 1 fully saturated rings. The fourth-order valence-corrected chi connectivity index (χ4v) is 2.49. The van der Waals surface area contributed by atoms with E-state index in [1.807, 2.05) is 6.07 Å². The van der Waals surface area contributed by atoms with E-state index in [2.05, 4.69) is 43.0 Å². The Labute approximate surface area is 104 Å². The third-order valence-corrected chi connectivity index (χ3v) is 3.77. The van der Waals surface area contributed by atoms with Crippen LogP contribution in [0.1, 0.15) is 18.9 Å². The molecule has 2 rings (SSSR count). The number of benzene rings is 1. The van der Waals surface area contributed by atoms with Gasteiger partial charge in [-0.05, 0) is 50.7 Å². The summed E-state index contributed by atoms with van der Waals surface area (Å²) in [4.78, 5) is 4.78. The van der Waals surface area contributed by atoms with Crippen molar-refractivity contribution in [1.82, 2.24) is 4.90 Å². The van der Waals surface area contributed by atoms with Crippen LogP contribution in [0.25, 0.3) is 0 Å². The first kappa shape index (κ1) is 12.2. The standard InChI is InChI=1S/C14H23N3/c1-4-11-9-12(5-6-14(11)15)17-8-7-13(10-17)16(2)3/h5-6,9,13H,4,7-8,10,15H2,1-3H3. The molecule has 0 amide bonds. The molecule has 1 atom stereocenters. The lowest BCUT2D eigenvalue weighted by Crippen LogP contribution is -2.31. The van der Waals surface area contributed by atoms with Crippen LogP contribution >= 0.6 is 0 Å². The van der Waals surface area contributed by atoms with Gasteiger partial charge in [-0.25, -0.2) is 0 Å². The summed E-state index contributed by atoms with van der Waals surface area (Å²) in [5, 5.41) is 0. The predicted molar refractivity (Wildman–Crippen MR) is 74.5 cm³/mol. The molecule has 1 aliphatic rings. The highest BCUT2D eigenvalue weighted by Crippen LogP contribution is 2.25. The minimum atomic E-state index is 0.678. The zero-order chi connectivity index (χ0) is 12.4. The SMILES string of the molecule is CCc1cc(N2CCC(N(C)C)C2)ccc1N. The maximum absolute atomic E-state index is 5.95. The molecule has 0 aliphatic carbocycles. The summed E-state index contributed by atoms with van der Waals surface area (Å²) in [6.07, 6.45) is 2.25. The van der Waals surface area contributed by atoms with Crippen molar-refractivity contribution in [3.63, 3.8) is 0 Å². The number of likely N-dealkylation sites (N-methyl/N-ethyl adjacent to an activating group) is 1. The monoisotopic (exact) mass is 233 g/mol. The van der Waals surface area contributed by atoms with Crippen LogP contribution in [0.15, 0.2) is 18.2 Å². The zero-order valence-electron chi connectivity index (χ0n) is 11.1. The van der Waals surface area contributed by atoms with Gasteiger partial charge in [0.2, 0.25) is 0 Å². The highest BCUT2D eigenvalue weighted by molar-refractivity contribution is 5.59. The van der Waals surface area contributed by atoms with Gasteiger partial charge in [0, 0.05) is 30.5 Å². The molecule has 1 aromatic rings. The molecule has 0 spiro atoms. The molecule has 94 valence electrons. The molecule has 17 heavy (non-hydrogen) atoms. The Morgan fingerprint density at radius 1 is 1.41 bits per heavy atom. The Balaban J connectivity index is 2.13. The van der Waals surface area contributed by atoms with Gasteiger partial charge in [0.05, 0.1) is 0 Å². The van der Waals surface area contributed by atoms with E-state index < -0.39 is 0 Å². The number of aryl methyl sites for hydroxylation is 1. The Bertz CT molecular complexity index is 387. The van der Waals surface area contributed by atoms with Crippen molar-refractivity contribution in [2.24, 2.45) is 0 Å². The summed E-state index contributed by atoms with van der Waals surface area (Å²) in [7, 11) is 4.32. The lowest BCUT2D eigenvalue weighted by molar-refractivity contribution is 0.315. The normalized spacial score (nSPS) is 20.2. The van der Waals surface area contributed by atoms with Crippen LogP contribution in [0.5, 0.6) is 0 Å². The van der Waals surface area contributed by atoms with Gasteiger partial charge in [0.15, 0.2) is 0 Å². The molecule has 0 aromatic heterocycles. The molecule has 2 N–H and O–H groups in total. The highest BCUT2D eigenvalue weighted by atomic mass is 15.2. The summed E-state index contributed by atoms with van der Waals surface area (Å²) >= 11 is 0. The summed E-state index contributed by atoms with van der Waals surface area (Å²) < 4.78 is 0. The Morgan fingerprint density at radius 3 is 2.76 bits per heavy atom. The number of nitrogen functional groups attached to an aromatic ring is 1. The average Bonchev–Trinajstić information content (AvgIpc) is 2.79. The topological polar surface area (TPSA) is 32.5 Å². The number of nitrogens with two attached hydrogens (primary N) is 1. The van der Waals surface area contributed by atoms with E-state index in [0.29, 0.717) is 6.04 Å². The first-order valence-corrected chi connectivity index (χ1v) is 6.41. The third-order valence-electron chi connectivity index (χ3n) is 3.77. The van der Waals surface area contributed by atoms with Gasteiger partial charge >= 0.3 is 0 Å². The van der Waals surface area contributed by atoms with E-state index in [1.165, 1.54) is 17.7 Å². The van der Waals surface area contributed by atoms with Gasteiger partial charge < -0.3 is 15.5 Å². The van der Waals surface area contributed by atoms with Crippen molar-refractivity contribution in [1.29, 1.82) is 0 Å². The summed E-state index contributed by atoms with van der Waals surface area (Å²) in [5.74, 6) is 0. The van der Waals surface area contributed by atoms with E-state index >= 15 is 0 Å². The minimum Gasteiger partial charge on any atom is -0.399 e. The maximum Gasteiger partial charge on any atom is 0.0371 e. The van der Waals surface area contributed by atoms with Crippen LogP contribution in [0.4, 0.5) is 11.4 Å². The Kier molecular flexibility index (Phi) is 3.57. The van der Waals surface area contributed by atoms with E-state index in [9.17, 15) is 0 Å². The van der Waals surface area contributed by atoms with Gasteiger partial charge in [-0.2, -0.15) is 0 Å². The molecule has 0 saturated carbocycles. The van der Waals surface area contributed by atoms with E-state index in [-0.39, 0.29) is 0 Å². The first-order valence-electron chi connectivity index (χ1n) is 6.41. The number of anilines is 2. The largest absolute Gasteiger partial charge is 0.399 e. The van der Waals surface area contributed by atoms with Crippen molar-refractivity contribution >= 4 is 11.4 Å². The molecule has 1 saturated heterocycles. The lowest BCUT2D eigenvalue weighted by Gasteiger charge is -2.22. The van der Waals surface area contributed by atoms with E-state index in [4.69, 9.17) is 5.73 Å². The van der Waals surface area contributed by atoms with Gasteiger partial charge in [0.25, 0.3) is 0 Å². The number of rotatable bonds is 3. The second-order valence-corrected chi connectivity index (χ2v) is 5.09. The number of hydrogen-bond acceptors (Lipinski definition) is 3. The van der Waals surface area contributed by atoms with Crippen molar-refractivity contribution in [3.8, 4) is 0 Å². The predicted octanol–water partition coefficient (Wildman–Crippen LogP) is 1.97. The third kappa shape index (κ3) is 2.55. The summed E-state index contributed by atoms with van der Waals surface area (Å²) in [6, 6.07) is 7.11. The Hall–Kier alpha value is -1.22. The summed E-state index contributed by atoms with van der Waals surface area (Å²) in [6.45, 7) is 4.43. The molecule has 1 aromatic carbocycles. The molecule has 1 aliphatic heterocycles. The molecule has 1 heterocycles. The zero-order valence-corrected chi connectivity index (χ0v) is 11.1. The van der Waals surface area contributed by atoms with Gasteiger partial charge in [-0.15, -0.1) is 0 Å². The van der Waals surface area contributed by atoms with Gasteiger partial charge in [-0.3, -0.25) is 0 Å². The molecule has 3 nitrogen and oxygen atoms in total. The Morgan fingerprint density at radius 2 is 2.18 bits per heavy atom. The number of nitrogens with zero attached hydrogens (tertiary/aromatic N) is 2. The molecular weight excluding hydrogens is 210 g/mol. The average molecular weight is 233 g/mol. The minimum absolute atomic E-state index is 0.678. The fraction of sp³-hybridized carbons (Fsp3) is 0.571. The van der Waals surface area contributed by atoms with Crippen LogP contribution in [0, 0.1) is 0 Å². The van der Waals surface area contributed by atoms with Crippen molar-refractivity contribution in [2.75, 3.05) is 37.8 Å². The second-order valence-electron chi connectivity index (χ2n) is 5.09. The first-order chi connectivity index (χ1) is 8.11. The van der Waals surface area contributed by atoms with Gasteiger partial charge in [0.1, 0.15) is 0 Å². The van der Waals surface area contributed by atoms with E-state index in [1.54, 1.807) is 0 Å². The molecule has 3 heteroatoms. The van der Waals surface area contributed by atoms with Crippen molar-refractivity contribution in [2.45, 2.75) is 25.8 Å². The van der Waals surface area contributed by atoms with Crippen LogP contribution in [-0.4, -0.2) is 38.1 Å². The van der Waals surface area contributed by atoms with Crippen molar-refractivity contribution in [3.05, 3.63) is 23.8 Å². The van der Waals surface area contributed by atoms with Crippen LogP contribution in [-0.2, 0) is 6.42 Å². The quantitative estimate of drug-likeness (QED) is 0.810. The van der Waals surface area contributed by atoms with Crippen LogP contribution in [0.2, 0.25) is 0 Å². The van der Waals surface area contributed by atoms with Crippen LogP contribution in [0.3, 0.4) is 0 Å². The fourth-order valence-electron chi connectivity index (χ4n) is 2.49. The van der Waals surface area contributed by atoms with Crippen LogP contribution < -0.4 is 10.6 Å². The summed E-state index contributed by atoms with van der Waals surface area (Å²) in [5.41, 5.74) is 9.44. The lowest BCUT2D eigenvalue weighted by atomic mass is 10.1. The second kappa shape index (κ2) is 4.96. The smallest absolute Gasteiger partial charge is 0.0371 e.